The van der Waals surface area contributed by atoms with Gasteiger partial charge in [-0.25, -0.2) is 0 Å². The highest BCUT2D eigenvalue weighted by molar-refractivity contribution is 5.97. The molecule has 126 valence electrons. The van der Waals surface area contributed by atoms with Crippen molar-refractivity contribution in [1.29, 1.82) is 0 Å². The predicted octanol–water partition coefficient (Wildman–Crippen LogP) is 3.32. The van der Waals surface area contributed by atoms with Gasteiger partial charge in [0.05, 0.1) is 0 Å². The third-order valence-corrected chi connectivity index (χ3v) is 4.81. The van der Waals surface area contributed by atoms with Gasteiger partial charge in [0.25, 0.3) is 5.91 Å². The first kappa shape index (κ1) is 15.6. The molecule has 0 saturated carbocycles. The molecule has 2 N–H and O–H groups in total. The van der Waals surface area contributed by atoms with Crippen molar-refractivity contribution in [3.63, 3.8) is 0 Å². The SMILES string of the molecule is O=C(NCC1CCCc2ccccc21)c1n[nH]nc1-c1ccccc1. The Labute approximate surface area is 146 Å². The summed E-state index contributed by atoms with van der Waals surface area (Å²) in [5.41, 5.74) is 4.57. The van der Waals surface area contributed by atoms with Crippen LogP contribution in [0.4, 0.5) is 0 Å². The van der Waals surface area contributed by atoms with E-state index in [1.165, 1.54) is 11.1 Å². The number of aromatic nitrogens is 3. The fourth-order valence-corrected chi connectivity index (χ4v) is 3.55. The summed E-state index contributed by atoms with van der Waals surface area (Å²) in [7, 11) is 0. The normalized spacial score (nSPS) is 16.2. The summed E-state index contributed by atoms with van der Waals surface area (Å²) in [5, 5.41) is 13.8. The van der Waals surface area contributed by atoms with Gasteiger partial charge in [0.2, 0.25) is 0 Å². The summed E-state index contributed by atoms with van der Waals surface area (Å²) >= 11 is 0. The van der Waals surface area contributed by atoms with E-state index in [0.717, 1.165) is 24.8 Å². The van der Waals surface area contributed by atoms with Gasteiger partial charge in [0.1, 0.15) is 5.69 Å². The van der Waals surface area contributed by atoms with Gasteiger partial charge < -0.3 is 5.32 Å². The maximum absolute atomic E-state index is 12.6. The fraction of sp³-hybridized carbons (Fsp3) is 0.250. The molecule has 1 aliphatic carbocycles. The number of aryl methyl sites for hydroxylation is 1. The Balaban J connectivity index is 1.49. The van der Waals surface area contributed by atoms with Crippen LogP contribution in [0.1, 0.15) is 40.4 Å². The number of fused-ring (bicyclic) bond motifs is 1. The standard InChI is InChI=1S/C20H20N4O/c25-20(19-18(22-24-23-19)15-8-2-1-3-9-15)21-13-16-11-6-10-14-7-4-5-12-17(14)16/h1-5,7-9,12,16H,6,10-11,13H2,(H,21,25)(H,22,23,24). The predicted molar refractivity (Wildman–Crippen MR) is 96.3 cm³/mol. The zero-order valence-electron chi connectivity index (χ0n) is 13.9. The maximum Gasteiger partial charge on any atom is 0.274 e. The van der Waals surface area contributed by atoms with Gasteiger partial charge in [0, 0.05) is 18.0 Å². The van der Waals surface area contributed by atoms with Gasteiger partial charge >= 0.3 is 0 Å². The Morgan fingerprint density at radius 2 is 1.88 bits per heavy atom. The molecule has 2 aromatic carbocycles. The topological polar surface area (TPSA) is 70.7 Å². The van der Waals surface area contributed by atoms with E-state index < -0.39 is 0 Å². The largest absolute Gasteiger partial charge is 0.350 e. The minimum absolute atomic E-state index is 0.185. The lowest BCUT2D eigenvalue weighted by Crippen LogP contribution is -2.30. The van der Waals surface area contributed by atoms with Gasteiger partial charge in [-0.3, -0.25) is 4.79 Å². The van der Waals surface area contributed by atoms with Gasteiger partial charge in [-0.2, -0.15) is 15.4 Å². The van der Waals surface area contributed by atoms with Crippen molar-refractivity contribution in [3.05, 3.63) is 71.4 Å². The molecule has 0 fully saturated rings. The Bertz CT molecular complexity index is 872. The number of hydrogen-bond donors (Lipinski definition) is 2. The molecule has 1 heterocycles. The Hall–Kier alpha value is -2.95. The number of benzene rings is 2. The lowest BCUT2D eigenvalue weighted by atomic mass is 9.83. The minimum atomic E-state index is -0.185. The van der Waals surface area contributed by atoms with Crippen LogP contribution in [0, 0.1) is 0 Å². The van der Waals surface area contributed by atoms with E-state index in [4.69, 9.17) is 0 Å². The molecule has 1 unspecified atom stereocenters. The maximum atomic E-state index is 12.6. The monoisotopic (exact) mass is 332 g/mol. The highest BCUT2D eigenvalue weighted by Gasteiger charge is 2.22. The Morgan fingerprint density at radius 1 is 1.08 bits per heavy atom. The van der Waals surface area contributed by atoms with Crippen molar-refractivity contribution in [2.45, 2.75) is 25.2 Å². The molecule has 5 heteroatoms. The number of carbonyl (C=O) groups excluding carboxylic acids is 1. The van der Waals surface area contributed by atoms with E-state index in [-0.39, 0.29) is 5.91 Å². The third-order valence-electron chi connectivity index (χ3n) is 4.81. The summed E-state index contributed by atoms with van der Waals surface area (Å²) < 4.78 is 0. The average molecular weight is 332 g/mol. The van der Waals surface area contributed by atoms with Gasteiger partial charge in [-0.1, -0.05) is 54.6 Å². The quantitative estimate of drug-likeness (QED) is 0.770. The third kappa shape index (κ3) is 3.18. The zero-order chi connectivity index (χ0) is 17.1. The summed E-state index contributed by atoms with van der Waals surface area (Å²) in [6.45, 7) is 0.622. The molecule has 1 amide bonds. The molecule has 1 aromatic heterocycles. The second kappa shape index (κ2) is 6.89. The van der Waals surface area contributed by atoms with Crippen LogP contribution in [0.5, 0.6) is 0 Å². The molecule has 4 rings (SSSR count). The van der Waals surface area contributed by atoms with Crippen LogP contribution in [-0.2, 0) is 6.42 Å². The Morgan fingerprint density at radius 3 is 2.76 bits per heavy atom. The average Bonchev–Trinajstić information content (AvgIpc) is 3.17. The molecular weight excluding hydrogens is 312 g/mol. The number of rotatable bonds is 4. The second-order valence-electron chi connectivity index (χ2n) is 6.38. The van der Waals surface area contributed by atoms with Gasteiger partial charge in [-0.15, -0.1) is 0 Å². The van der Waals surface area contributed by atoms with Crippen LogP contribution < -0.4 is 5.32 Å². The molecule has 0 radical (unpaired) electrons. The van der Waals surface area contributed by atoms with E-state index in [9.17, 15) is 4.79 Å². The first-order valence-corrected chi connectivity index (χ1v) is 8.65. The van der Waals surface area contributed by atoms with E-state index in [1.54, 1.807) is 0 Å². The van der Waals surface area contributed by atoms with Crippen LogP contribution >= 0.6 is 0 Å². The molecule has 5 nitrogen and oxygen atoms in total. The zero-order valence-corrected chi connectivity index (χ0v) is 13.9. The molecule has 1 aliphatic rings. The summed E-state index contributed by atoms with van der Waals surface area (Å²) in [5.74, 6) is 0.177. The summed E-state index contributed by atoms with van der Waals surface area (Å²) in [6.07, 6.45) is 3.39. The lowest BCUT2D eigenvalue weighted by Gasteiger charge is -2.25. The first-order chi connectivity index (χ1) is 12.3. The highest BCUT2D eigenvalue weighted by atomic mass is 16.2. The van der Waals surface area contributed by atoms with E-state index in [2.05, 4.69) is 45.0 Å². The number of amides is 1. The summed E-state index contributed by atoms with van der Waals surface area (Å²) in [4.78, 5) is 12.6. The number of carbonyl (C=O) groups is 1. The Kier molecular flexibility index (Phi) is 4.29. The second-order valence-corrected chi connectivity index (χ2v) is 6.38. The highest BCUT2D eigenvalue weighted by Crippen LogP contribution is 2.31. The van der Waals surface area contributed by atoms with Gasteiger partial charge in [0.15, 0.2) is 5.69 Å². The summed E-state index contributed by atoms with van der Waals surface area (Å²) in [6, 6.07) is 18.1. The first-order valence-electron chi connectivity index (χ1n) is 8.65. The minimum Gasteiger partial charge on any atom is -0.350 e. The molecule has 0 bridgehead atoms. The van der Waals surface area contributed by atoms with Crippen molar-refractivity contribution >= 4 is 5.91 Å². The van der Waals surface area contributed by atoms with E-state index >= 15 is 0 Å². The molecule has 0 saturated heterocycles. The smallest absolute Gasteiger partial charge is 0.274 e. The van der Waals surface area contributed by atoms with Crippen LogP contribution in [0.15, 0.2) is 54.6 Å². The van der Waals surface area contributed by atoms with Crippen LogP contribution in [0.2, 0.25) is 0 Å². The number of H-pyrrole nitrogens is 1. The van der Waals surface area contributed by atoms with E-state index in [1.807, 2.05) is 30.3 Å². The van der Waals surface area contributed by atoms with Crippen molar-refractivity contribution in [3.8, 4) is 11.3 Å². The van der Waals surface area contributed by atoms with Crippen molar-refractivity contribution in [2.75, 3.05) is 6.54 Å². The van der Waals surface area contributed by atoms with E-state index in [0.29, 0.717) is 23.9 Å². The molecule has 0 aliphatic heterocycles. The van der Waals surface area contributed by atoms with Crippen LogP contribution in [0.3, 0.4) is 0 Å². The van der Waals surface area contributed by atoms with Crippen molar-refractivity contribution in [2.24, 2.45) is 0 Å². The fourth-order valence-electron chi connectivity index (χ4n) is 3.55. The molecule has 0 spiro atoms. The number of nitrogens with zero attached hydrogens (tertiary/aromatic N) is 2. The van der Waals surface area contributed by atoms with Crippen LogP contribution in [0.25, 0.3) is 11.3 Å². The van der Waals surface area contributed by atoms with Gasteiger partial charge in [-0.05, 0) is 30.4 Å². The molecular formula is C20H20N4O. The van der Waals surface area contributed by atoms with Crippen LogP contribution in [-0.4, -0.2) is 27.9 Å². The molecule has 25 heavy (non-hydrogen) atoms. The number of aromatic amines is 1. The molecule has 3 aromatic rings. The van der Waals surface area contributed by atoms with Crippen molar-refractivity contribution in [1.82, 2.24) is 20.7 Å². The molecule has 1 atom stereocenters. The number of nitrogens with one attached hydrogen (secondary N) is 2. The lowest BCUT2D eigenvalue weighted by molar-refractivity contribution is 0.0946. The van der Waals surface area contributed by atoms with Crippen molar-refractivity contribution < 1.29 is 4.79 Å². The number of hydrogen-bond acceptors (Lipinski definition) is 3.